The van der Waals surface area contributed by atoms with Crippen molar-refractivity contribution in [3.63, 3.8) is 0 Å². The molecule has 0 unspecified atom stereocenters. The van der Waals surface area contributed by atoms with Crippen molar-refractivity contribution in [3.8, 4) is 0 Å². The van der Waals surface area contributed by atoms with Gasteiger partial charge in [-0.05, 0) is 48.9 Å². The first-order valence-electron chi connectivity index (χ1n) is 6.59. The Labute approximate surface area is 120 Å². The molecule has 100 valence electrons. The Kier molecular flexibility index (Phi) is 5.35. The van der Waals surface area contributed by atoms with Gasteiger partial charge in [-0.1, -0.05) is 36.4 Å². The molecule has 0 aromatic heterocycles. The minimum atomic E-state index is 0.961. The third-order valence-electron chi connectivity index (χ3n) is 2.69. The van der Waals surface area contributed by atoms with E-state index in [0.29, 0.717) is 0 Å². The maximum Gasteiger partial charge on any atom is 0.0629 e. The monoisotopic (exact) mass is 262 g/mol. The van der Waals surface area contributed by atoms with Crippen LogP contribution in [0.4, 0.5) is 11.4 Å². The smallest absolute Gasteiger partial charge is 0.0629 e. The lowest BCUT2D eigenvalue weighted by molar-refractivity contribution is 1.49. The predicted octanol–water partition coefficient (Wildman–Crippen LogP) is 4.96. The van der Waals surface area contributed by atoms with Crippen molar-refractivity contribution in [2.75, 3.05) is 5.32 Å². The molecule has 0 amide bonds. The number of nitrogens with zero attached hydrogens (tertiary/aromatic N) is 1. The van der Waals surface area contributed by atoms with Crippen molar-refractivity contribution in [2.24, 2.45) is 4.99 Å². The highest BCUT2D eigenvalue weighted by atomic mass is 14.8. The van der Waals surface area contributed by atoms with Crippen LogP contribution in [0.15, 0.2) is 89.6 Å². The molecule has 0 saturated heterocycles. The average Bonchev–Trinajstić information content (AvgIpc) is 2.49. The van der Waals surface area contributed by atoms with Crippen molar-refractivity contribution >= 4 is 17.6 Å². The fourth-order valence-corrected chi connectivity index (χ4v) is 1.61. The third kappa shape index (κ3) is 4.94. The molecule has 2 nitrogen and oxygen atoms in total. The van der Waals surface area contributed by atoms with E-state index < -0.39 is 0 Å². The number of rotatable bonds is 5. The van der Waals surface area contributed by atoms with Crippen molar-refractivity contribution in [1.82, 2.24) is 0 Å². The molecule has 0 bridgehead atoms. The zero-order valence-corrected chi connectivity index (χ0v) is 11.5. The summed E-state index contributed by atoms with van der Waals surface area (Å²) < 4.78 is 0. The summed E-state index contributed by atoms with van der Waals surface area (Å²) in [7, 11) is 0. The van der Waals surface area contributed by atoms with E-state index in [9.17, 15) is 0 Å². The van der Waals surface area contributed by atoms with Crippen molar-refractivity contribution < 1.29 is 0 Å². The van der Waals surface area contributed by atoms with Gasteiger partial charge in [0.2, 0.25) is 0 Å². The maximum atomic E-state index is 4.36. The summed E-state index contributed by atoms with van der Waals surface area (Å²) in [6.45, 7) is 2.04. The Morgan fingerprint density at radius 2 is 1.60 bits per heavy atom. The topological polar surface area (TPSA) is 24.4 Å². The Balaban J connectivity index is 1.86. The van der Waals surface area contributed by atoms with Crippen LogP contribution in [0.1, 0.15) is 6.92 Å². The first-order valence-corrected chi connectivity index (χ1v) is 6.59. The number of allylic oxidation sites excluding steroid dienone is 3. The van der Waals surface area contributed by atoms with Crippen molar-refractivity contribution in [2.45, 2.75) is 6.92 Å². The molecule has 0 atom stereocenters. The SMILES string of the molecule is CC(/C=C/Nc1ccccc1)=C\C=Nc1ccccc1. The van der Waals surface area contributed by atoms with E-state index in [4.69, 9.17) is 0 Å². The lowest BCUT2D eigenvalue weighted by atomic mass is 10.3. The van der Waals surface area contributed by atoms with Crippen LogP contribution in [0.2, 0.25) is 0 Å². The third-order valence-corrected chi connectivity index (χ3v) is 2.69. The molecule has 20 heavy (non-hydrogen) atoms. The molecule has 2 aromatic rings. The van der Waals surface area contributed by atoms with E-state index in [1.165, 1.54) is 0 Å². The van der Waals surface area contributed by atoms with Gasteiger partial charge in [0.1, 0.15) is 0 Å². The molecule has 2 aromatic carbocycles. The summed E-state index contributed by atoms with van der Waals surface area (Å²) in [6, 6.07) is 20.0. The first-order chi connectivity index (χ1) is 9.84. The summed E-state index contributed by atoms with van der Waals surface area (Å²) in [5.41, 5.74) is 3.17. The molecular formula is C18H18N2. The van der Waals surface area contributed by atoms with Gasteiger partial charge >= 0.3 is 0 Å². The highest BCUT2D eigenvalue weighted by molar-refractivity contribution is 5.75. The molecule has 0 aliphatic heterocycles. The van der Waals surface area contributed by atoms with Crippen LogP contribution in [0.5, 0.6) is 0 Å². The lowest BCUT2D eigenvalue weighted by Crippen LogP contribution is -1.86. The number of aliphatic imine (C=N–C) groups is 1. The fraction of sp³-hybridized carbons (Fsp3) is 0.0556. The van der Waals surface area contributed by atoms with Gasteiger partial charge in [-0.3, -0.25) is 4.99 Å². The van der Waals surface area contributed by atoms with Crippen LogP contribution in [0.25, 0.3) is 0 Å². The summed E-state index contributed by atoms with van der Waals surface area (Å²) in [6.07, 6.45) is 7.75. The Morgan fingerprint density at radius 1 is 0.950 bits per heavy atom. The van der Waals surface area contributed by atoms with Gasteiger partial charge < -0.3 is 5.32 Å². The Bertz CT molecular complexity index is 596. The minimum absolute atomic E-state index is 0.961. The number of para-hydroxylation sites is 2. The average molecular weight is 262 g/mol. The summed E-state index contributed by atoms with van der Waals surface area (Å²) in [5.74, 6) is 0. The van der Waals surface area contributed by atoms with E-state index >= 15 is 0 Å². The van der Waals surface area contributed by atoms with E-state index in [1.54, 1.807) is 0 Å². The Hall–Kier alpha value is -2.61. The zero-order valence-electron chi connectivity index (χ0n) is 11.5. The molecule has 0 saturated carbocycles. The van der Waals surface area contributed by atoms with Gasteiger partial charge in [0.25, 0.3) is 0 Å². The second-order valence-electron chi connectivity index (χ2n) is 4.37. The number of hydrogen-bond acceptors (Lipinski definition) is 2. The predicted molar refractivity (Wildman–Crippen MR) is 87.6 cm³/mol. The van der Waals surface area contributed by atoms with Crippen molar-refractivity contribution in [1.29, 1.82) is 0 Å². The maximum absolute atomic E-state index is 4.36. The molecule has 0 heterocycles. The quantitative estimate of drug-likeness (QED) is 0.597. The molecule has 0 aliphatic carbocycles. The first kappa shape index (κ1) is 13.8. The van der Waals surface area contributed by atoms with Crippen LogP contribution in [-0.2, 0) is 0 Å². The van der Waals surface area contributed by atoms with Crippen LogP contribution >= 0.6 is 0 Å². The normalized spacial score (nSPS) is 12.2. The molecule has 0 fully saturated rings. The van der Waals surface area contributed by atoms with Crippen LogP contribution in [-0.4, -0.2) is 6.21 Å². The number of hydrogen-bond donors (Lipinski definition) is 1. The fourth-order valence-electron chi connectivity index (χ4n) is 1.61. The molecule has 0 aliphatic rings. The molecule has 2 rings (SSSR count). The second kappa shape index (κ2) is 7.74. The van der Waals surface area contributed by atoms with Gasteiger partial charge in [0.05, 0.1) is 5.69 Å². The van der Waals surface area contributed by atoms with Crippen molar-refractivity contribution in [3.05, 3.63) is 84.6 Å². The van der Waals surface area contributed by atoms with E-state index in [1.807, 2.05) is 92.2 Å². The van der Waals surface area contributed by atoms with Gasteiger partial charge in [-0.25, -0.2) is 0 Å². The standard InChI is InChI=1S/C18H18N2/c1-16(12-14-19-17-8-4-2-5-9-17)13-15-20-18-10-6-3-7-11-18/h2-15,19H,1H3/b14-12+,16-13+,20-15?. The highest BCUT2D eigenvalue weighted by Crippen LogP contribution is 2.09. The zero-order chi connectivity index (χ0) is 14.0. The summed E-state index contributed by atoms with van der Waals surface area (Å²) >= 11 is 0. The van der Waals surface area contributed by atoms with Gasteiger partial charge in [-0.2, -0.15) is 0 Å². The molecular weight excluding hydrogens is 244 g/mol. The lowest BCUT2D eigenvalue weighted by Gasteiger charge is -1.98. The minimum Gasteiger partial charge on any atom is -0.362 e. The number of anilines is 1. The van der Waals surface area contributed by atoms with Gasteiger partial charge in [0, 0.05) is 18.1 Å². The van der Waals surface area contributed by atoms with Gasteiger partial charge in [0.15, 0.2) is 0 Å². The summed E-state index contributed by atoms with van der Waals surface area (Å²) in [5, 5.41) is 3.22. The van der Waals surface area contributed by atoms with Gasteiger partial charge in [-0.15, -0.1) is 0 Å². The summed E-state index contributed by atoms with van der Waals surface area (Å²) in [4.78, 5) is 4.36. The molecule has 1 N–H and O–H groups in total. The number of benzene rings is 2. The Morgan fingerprint density at radius 3 is 2.30 bits per heavy atom. The number of nitrogens with one attached hydrogen (secondary N) is 1. The van der Waals surface area contributed by atoms with E-state index in [-0.39, 0.29) is 0 Å². The van der Waals surface area contributed by atoms with Crippen LogP contribution in [0.3, 0.4) is 0 Å². The largest absolute Gasteiger partial charge is 0.362 e. The second-order valence-corrected chi connectivity index (χ2v) is 4.37. The van der Waals surface area contributed by atoms with Crippen LogP contribution < -0.4 is 5.32 Å². The molecule has 0 radical (unpaired) electrons. The van der Waals surface area contributed by atoms with E-state index in [2.05, 4.69) is 10.3 Å². The molecule has 2 heteroatoms. The highest BCUT2D eigenvalue weighted by Gasteiger charge is 1.85. The van der Waals surface area contributed by atoms with E-state index in [0.717, 1.165) is 16.9 Å². The molecule has 0 spiro atoms. The van der Waals surface area contributed by atoms with Crippen LogP contribution in [0, 0.1) is 0 Å².